The van der Waals surface area contributed by atoms with Gasteiger partial charge in [0.25, 0.3) is 0 Å². The van der Waals surface area contributed by atoms with Crippen LogP contribution < -0.4 is 10.7 Å². The molecule has 0 atom stereocenters. The van der Waals surface area contributed by atoms with Crippen LogP contribution in [0.15, 0.2) is 84.1 Å². The van der Waals surface area contributed by atoms with Crippen molar-refractivity contribution in [3.8, 4) is 16.9 Å². The Morgan fingerprint density at radius 3 is 2.47 bits per heavy atom. The Morgan fingerprint density at radius 2 is 1.74 bits per heavy atom. The number of para-hydroxylation sites is 1. The number of anilines is 1. The van der Waals surface area contributed by atoms with Crippen molar-refractivity contribution in [2.24, 2.45) is 5.10 Å². The van der Waals surface area contributed by atoms with Gasteiger partial charge in [-0.25, -0.2) is 14.5 Å². The molecule has 0 aliphatic rings. The van der Waals surface area contributed by atoms with Gasteiger partial charge in [-0.1, -0.05) is 35.9 Å². The maximum Gasteiger partial charge on any atom is 0.329 e. The van der Waals surface area contributed by atoms with Crippen molar-refractivity contribution in [3.63, 3.8) is 0 Å². The number of halogens is 2. The van der Waals surface area contributed by atoms with E-state index < -0.39 is 11.8 Å². The first-order chi connectivity index (χ1) is 16.4. The van der Waals surface area contributed by atoms with E-state index in [1.807, 2.05) is 30.3 Å². The smallest absolute Gasteiger partial charge is 0.317 e. The van der Waals surface area contributed by atoms with Crippen molar-refractivity contribution >= 4 is 35.3 Å². The summed E-state index contributed by atoms with van der Waals surface area (Å²) in [5.74, 6) is -2.20. The summed E-state index contributed by atoms with van der Waals surface area (Å²) >= 11 is 6.04. The highest BCUT2D eigenvalue weighted by Gasteiger charge is 2.15. The second-order valence-electron chi connectivity index (χ2n) is 7.29. The lowest BCUT2D eigenvalue weighted by Crippen LogP contribution is -2.32. The normalized spacial score (nSPS) is 10.9. The Morgan fingerprint density at radius 1 is 1.00 bits per heavy atom. The van der Waals surface area contributed by atoms with Gasteiger partial charge in [0.2, 0.25) is 0 Å². The SMILES string of the molecule is Cc1c(Cl)cccc1NC(=O)C(=O)N/N=C\c1cn(-c2ccccc2)nc1-c1ccc(F)cc1. The van der Waals surface area contributed by atoms with Gasteiger partial charge in [-0.15, -0.1) is 0 Å². The number of nitrogens with one attached hydrogen (secondary N) is 2. The molecule has 4 aromatic rings. The first-order valence-corrected chi connectivity index (χ1v) is 10.6. The molecule has 4 rings (SSSR count). The first kappa shape index (κ1) is 22.9. The molecule has 9 heteroatoms. The van der Waals surface area contributed by atoms with Crippen LogP contribution in [0.25, 0.3) is 16.9 Å². The van der Waals surface area contributed by atoms with Gasteiger partial charge in [0.15, 0.2) is 0 Å². The van der Waals surface area contributed by atoms with E-state index >= 15 is 0 Å². The molecule has 0 aliphatic carbocycles. The quantitative estimate of drug-likeness (QED) is 0.248. The fraction of sp³-hybridized carbons (Fsp3) is 0.0400. The Bertz CT molecular complexity index is 1370. The molecule has 0 fully saturated rings. The van der Waals surface area contributed by atoms with Gasteiger partial charge >= 0.3 is 11.8 Å². The van der Waals surface area contributed by atoms with Crippen molar-refractivity contribution in [2.75, 3.05) is 5.32 Å². The second-order valence-corrected chi connectivity index (χ2v) is 7.69. The number of carbonyl (C=O) groups excluding carboxylic acids is 2. The van der Waals surface area contributed by atoms with E-state index in [1.165, 1.54) is 18.3 Å². The van der Waals surface area contributed by atoms with Crippen LogP contribution >= 0.6 is 11.6 Å². The zero-order chi connectivity index (χ0) is 24.1. The summed E-state index contributed by atoms with van der Waals surface area (Å²) in [6.07, 6.45) is 3.10. The van der Waals surface area contributed by atoms with Crippen LogP contribution in [-0.2, 0) is 9.59 Å². The van der Waals surface area contributed by atoms with Crippen LogP contribution in [0.2, 0.25) is 5.02 Å². The minimum Gasteiger partial charge on any atom is -0.317 e. The number of carbonyl (C=O) groups is 2. The summed E-state index contributed by atoms with van der Waals surface area (Å²) in [5, 5.41) is 11.5. The Labute approximate surface area is 199 Å². The molecule has 0 bridgehead atoms. The molecule has 1 aromatic heterocycles. The summed E-state index contributed by atoms with van der Waals surface area (Å²) in [6.45, 7) is 1.73. The van der Waals surface area contributed by atoms with E-state index in [2.05, 4.69) is 20.9 Å². The van der Waals surface area contributed by atoms with Gasteiger partial charge in [-0.05, 0) is 61.0 Å². The monoisotopic (exact) mass is 475 g/mol. The fourth-order valence-electron chi connectivity index (χ4n) is 3.16. The number of amides is 2. The number of aromatic nitrogens is 2. The van der Waals surface area contributed by atoms with Crippen molar-refractivity contribution in [2.45, 2.75) is 6.92 Å². The van der Waals surface area contributed by atoms with Crippen LogP contribution in [0.3, 0.4) is 0 Å². The molecule has 7 nitrogen and oxygen atoms in total. The van der Waals surface area contributed by atoms with Crippen LogP contribution in [0, 0.1) is 12.7 Å². The maximum atomic E-state index is 13.4. The summed E-state index contributed by atoms with van der Waals surface area (Å²) in [4.78, 5) is 24.5. The third-order valence-corrected chi connectivity index (χ3v) is 5.38. The predicted octanol–water partition coefficient (Wildman–Crippen LogP) is 4.73. The van der Waals surface area contributed by atoms with Crippen molar-refractivity contribution in [3.05, 3.63) is 101 Å². The molecule has 170 valence electrons. The zero-order valence-electron chi connectivity index (χ0n) is 18.0. The van der Waals surface area contributed by atoms with Gasteiger partial charge in [-0.2, -0.15) is 10.2 Å². The van der Waals surface area contributed by atoms with Crippen LogP contribution in [0.4, 0.5) is 10.1 Å². The number of rotatable bonds is 5. The average Bonchev–Trinajstić information content (AvgIpc) is 3.27. The van der Waals surface area contributed by atoms with E-state index in [0.717, 1.165) is 5.69 Å². The average molecular weight is 476 g/mol. The largest absolute Gasteiger partial charge is 0.329 e. The van der Waals surface area contributed by atoms with Crippen LogP contribution in [-0.4, -0.2) is 27.8 Å². The van der Waals surface area contributed by atoms with E-state index in [-0.39, 0.29) is 5.82 Å². The van der Waals surface area contributed by atoms with Crippen LogP contribution in [0.1, 0.15) is 11.1 Å². The second kappa shape index (κ2) is 10.1. The number of benzene rings is 3. The van der Waals surface area contributed by atoms with E-state index in [9.17, 15) is 14.0 Å². The lowest BCUT2D eigenvalue weighted by molar-refractivity contribution is -0.136. The minimum absolute atomic E-state index is 0.366. The first-order valence-electron chi connectivity index (χ1n) is 10.2. The number of hydrogen-bond acceptors (Lipinski definition) is 4. The highest BCUT2D eigenvalue weighted by Crippen LogP contribution is 2.24. The number of nitrogens with zero attached hydrogens (tertiary/aromatic N) is 3. The van der Waals surface area contributed by atoms with Crippen molar-refractivity contribution in [1.82, 2.24) is 15.2 Å². The zero-order valence-corrected chi connectivity index (χ0v) is 18.8. The molecule has 2 N–H and O–H groups in total. The fourth-order valence-corrected chi connectivity index (χ4v) is 3.33. The van der Waals surface area contributed by atoms with E-state index in [0.29, 0.717) is 33.1 Å². The van der Waals surface area contributed by atoms with Gasteiger partial charge in [0.1, 0.15) is 11.5 Å². The van der Waals surface area contributed by atoms with E-state index in [4.69, 9.17) is 11.6 Å². The maximum absolute atomic E-state index is 13.4. The summed E-state index contributed by atoms with van der Waals surface area (Å²) in [5.41, 5.74) is 5.85. The summed E-state index contributed by atoms with van der Waals surface area (Å²) < 4.78 is 15.0. The molecule has 34 heavy (non-hydrogen) atoms. The van der Waals surface area contributed by atoms with E-state index in [1.54, 1.807) is 48.1 Å². The third-order valence-electron chi connectivity index (χ3n) is 4.97. The molecule has 0 saturated heterocycles. The lowest BCUT2D eigenvalue weighted by Gasteiger charge is -2.08. The number of hydrogen-bond donors (Lipinski definition) is 2. The molecule has 0 saturated carbocycles. The van der Waals surface area contributed by atoms with Crippen LogP contribution in [0.5, 0.6) is 0 Å². The molecule has 3 aromatic carbocycles. The Hall–Kier alpha value is -4.30. The van der Waals surface area contributed by atoms with Gasteiger partial charge in [0, 0.05) is 28.0 Å². The molecule has 0 spiro atoms. The molecule has 0 unspecified atom stereocenters. The van der Waals surface area contributed by atoms with Gasteiger partial charge in [0.05, 0.1) is 11.9 Å². The van der Waals surface area contributed by atoms with Gasteiger partial charge < -0.3 is 5.32 Å². The number of hydrazone groups is 1. The molecule has 2 amide bonds. The Balaban J connectivity index is 1.54. The highest BCUT2D eigenvalue weighted by molar-refractivity contribution is 6.40. The van der Waals surface area contributed by atoms with Crippen molar-refractivity contribution < 1.29 is 14.0 Å². The van der Waals surface area contributed by atoms with Gasteiger partial charge in [-0.3, -0.25) is 9.59 Å². The summed E-state index contributed by atoms with van der Waals surface area (Å²) in [7, 11) is 0. The third kappa shape index (κ3) is 5.19. The lowest BCUT2D eigenvalue weighted by atomic mass is 10.1. The molecule has 1 heterocycles. The summed E-state index contributed by atoms with van der Waals surface area (Å²) in [6, 6.07) is 20.3. The topological polar surface area (TPSA) is 88.4 Å². The molecule has 0 aliphatic heterocycles. The minimum atomic E-state index is -0.950. The molecular weight excluding hydrogens is 457 g/mol. The molecule has 0 radical (unpaired) electrons. The standard InChI is InChI=1S/C25H19ClFN5O2/c1-16-21(26)8-5-9-22(16)29-24(33)25(34)30-28-14-18-15-32(20-6-3-2-4-7-20)31-23(18)17-10-12-19(27)13-11-17/h2-15H,1H3,(H,29,33)(H,30,34)/b28-14-. The highest BCUT2D eigenvalue weighted by atomic mass is 35.5. The Kier molecular flexibility index (Phi) is 6.79. The van der Waals surface area contributed by atoms with Crippen molar-refractivity contribution in [1.29, 1.82) is 0 Å². The predicted molar refractivity (Wildman–Crippen MR) is 130 cm³/mol. The molecular formula is C25H19ClFN5O2.